The van der Waals surface area contributed by atoms with Crippen molar-refractivity contribution in [2.45, 2.75) is 16.8 Å². The van der Waals surface area contributed by atoms with Gasteiger partial charge in [0.25, 0.3) is 0 Å². The maximum atomic E-state index is 13.6. The Labute approximate surface area is 123 Å². The first-order valence-corrected chi connectivity index (χ1v) is 7.22. The SMILES string of the molecule is CCOc1cc(Sc2ccc(Br)cn2)c(N)cc1F. The van der Waals surface area contributed by atoms with Gasteiger partial charge in [-0.05, 0) is 41.1 Å². The van der Waals surface area contributed by atoms with Crippen LogP contribution in [0.5, 0.6) is 5.75 Å². The standard InChI is InChI=1S/C13H12BrFN2OS/c1-2-18-11-6-12(10(16)5-9(11)15)19-13-4-3-8(14)7-17-13/h3-7H,2,16H2,1H3. The molecule has 0 saturated carbocycles. The van der Waals surface area contributed by atoms with Crippen LogP contribution in [0, 0.1) is 5.82 Å². The van der Waals surface area contributed by atoms with Gasteiger partial charge in [-0.1, -0.05) is 11.8 Å². The van der Waals surface area contributed by atoms with Crippen LogP contribution in [0.15, 0.2) is 44.9 Å². The van der Waals surface area contributed by atoms with E-state index in [1.165, 1.54) is 17.8 Å². The number of anilines is 1. The predicted octanol–water partition coefficient (Wildman–Crippen LogP) is 4.12. The third-order valence-corrected chi connectivity index (χ3v) is 3.77. The average Bonchev–Trinajstić information content (AvgIpc) is 2.38. The molecule has 6 heteroatoms. The Morgan fingerprint density at radius 3 is 2.84 bits per heavy atom. The minimum atomic E-state index is -0.451. The highest BCUT2D eigenvalue weighted by molar-refractivity contribution is 9.10. The zero-order valence-electron chi connectivity index (χ0n) is 10.2. The molecule has 0 saturated heterocycles. The minimum absolute atomic E-state index is 0.205. The molecule has 0 aliphatic rings. The topological polar surface area (TPSA) is 48.1 Å². The van der Waals surface area contributed by atoms with Crippen molar-refractivity contribution < 1.29 is 9.13 Å². The number of hydrogen-bond donors (Lipinski definition) is 1. The molecule has 1 aromatic carbocycles. The number of ether oxygens (including phenoxy) is 1. The van der Waals surface area contributed by atoms with Gasteiger partial charge in [-0.15, -0.1) is 0 Å². The van der Waals surface area contributed by atoms with Crippen molar-refractivity contribution >= 4 is 33.4 Å². The Hall–Kier alpha value is -1.27. The summed E-state index contributed by atoms with van der Waals surface area (Å²) in [5.41, 5.74) is 6.18. The molecule has 3 nitrogen and oxygen atoms in total. The molecule has 2 N–H and O–H groups in total. The second kappa shape index (κ2) is 6.25. The Bertz CT molecular complexity index is 578. The monoisotopic (exact) mass is 342 g/mol. The van der Waals surface area contributed by atoms with Gasteiger partial charge in [0, 0.05) is 27.3 Å². The smallest absolute Gasteiger partial charge is 0.167 e. The molecule has 0 fully saturated rings. The van der Waals surface area contributed by atoms with Gasteiger partial charge in [0.1, 0.15) is 5.03 Å². The van der Waals surface area contributed by atoms with E-state index in [0.717, 1.165) is 14.4 Å². The third-order valence-electron chi connectivity index (χ3n) is 2.28. The van der Waals surface area contributed by atoms with E-state index in [9.17, 15) is 4.39 Å². The van der Waals surface area contributed by atoms with E-state index in [2.05, 4.69) is 20.9 Å². The number of halogens is 2. The lowest BCUT2D eigenvalue weighted by molar-refractivity contribution is 0.321. The molecule has 2 rings (SSSR count). The van der Waals surface area contributed by atoms with Crippen LogP contribution in [0.1, 0.15) is 6.92 Å². The quantitative estimate of drug-likeness (QED) is 0.849. The summed E-state index contributed by atoms with van der Waals surface area (Å²) in [5.74, 6) is -0.247. The highest BCUT2D eigenvalue weighted by atomic mass is 79.9. The fourth-order valence-electron chi connectivity index (χ4n) is 1.44. The zero-order valence-corrected chi connectivity index (χ0v) is 12.6. The molecule has 0 unspecified atom stereocenters. The molecule has 100 valence electrons. The molecule has 0 spiro atoms. The number of benzene rings is 1. The van der Waals surface area contributed by atoms with Crippen molar-refractivity contribution in [1.82, 2.24) is 4.98 Å². The maximum absolute atomic E-state index is 13.6. The normalized spacial score (nSPS) is 10.5. The third kappa shape index (κ3) is 3.61. The lowest BCUT2D eigenvalue weighted by Gasteiger charge is -2.10. The van der Waals surface area contributed by atoms with E-state index in [-0.39, 0.29) is 5.75 Å². The van der Waals surface area contributed by atoms with Gasteiger partial charge in [-0.2, -0.15) is 0 Å². The molecular weight excluding hydrogens is 331 g/mol. The van der Waals surface area contributed by atoms with Gasteiger partial charge in [0.2, 0.25) is 0 Å². The van der Waals surface area contributed by atoms with Gasteiger partial charge >= 0.3 is 0 Å². The number of nitrogen functional groups attached to an aromatic ring is 1. The molecule has 0 radical (unpaired) electrons. The Balaban J connectivity index is 2.28. The Morgan fingerprint density at radius 1 is 1.42 bits per heavy atom. The van der Waals surface area contributed by atoms with Gasteiger partial charge in [0.15, 0.2) is 11.6 Å². The largest absolute Gasteiger partial charge is 0.491 e. The first kappa shape index (κ1) is 14.1. The van der Waals surface area contributed by atoms with Crippen molar-refractivity contribution in [3.8, 4) is 5.75 Å². The molecule has 0 bridgehead atoms. The summed E-state index contributed by atoms with van der Waals surface area (Å²) in [7, 11) is 0. The minimum Gasteiger partial charge on any atom is -0.491 e. The molecule has 1 heterocycles. The number of aromatic nitrogens is 1. The summed E-state index contributed by atoms with van der Waals surface area (Å²) in [5, 5.41) is 0.781. The summed E-state index contributed by atoms with van der Waals surface area (Å²) >= 11 is 4.69. The first-order chi connectivity index (χ1) is 9.10. The van der Waals surface area contributed by atoms with Gasteiger partial charge in [-0.25, -0.2) is 9.37 Å². The van der Waals surface area contributed by atoms with E-state index < -0.39 is 5.82 Å². The van der Waals surface area contributed by atoms with Crippen LogP contribution in [0.2, 0.25) is 0 Å². The number of nitrogens with two attached hydrogens (primary N) is 1. The maximum Gasteiger partial charge on any atom is 0.167 e. The van der Waals surface area contributed by atoms with Gasteiger partial charge in [0.05, 0.1) is 6.61 Å². The Morgan fingerprint density at radius 2 is 2.21 bits per heavy atom. The van der Waals surface area contributed by atoms with E-state index in [4.69, 9.17) is 10.5 Å². The summed E-state index contributed by atoms with van der Waals surface area (Å²) in [6.07, 6.45) is 1.70. The van der Waals surface area contributed by atoms with Crippen LogP contribution in [-0.2, 0) is 0 Å². The van der Waals surface area contributed by atoms with Crippen molar-refractivity contribution in [3.63, 3.8) is 0 Å². The molecule has 0 amide bonds. The van der Waals surface area contributed by atoms with Crippen LogP contribution >= 0.6 is 27.7 Å². The number of pyridine rings is 1. The average molecular weight is 343 g/mol. The lowest BCUT2D eigenvalue weighted by Crippen LogP contribution is -1.98. The highest BCUT2D eigenvalue weighted by Crippen LogP contribution is 2.35. The first-order valence-electron chi connectivity index (χ1n) is 5.61. The van der Waals surface area contributed by atoms with E-state index in [0.29, 0.717) is 12.3 Å². The van der Waals surface area contributed by atoms with Crippen LogP contribution in [0.4, 0.5) is 10.1 Å². The number of rotatable bonds is 4. The molecule has 19 heavy (non-hydrogen) atoms. The van der Waals surface area contributed by atoms with Crippen LogP contribution in [0.3, 0.4) is 0 Å². The van der Waals surface area contributed by atoms with Crippen molar-refractivity contribution in [1.29, 1.82) is 0 Å². The fraction of sp³-hybridized carbons (Fsp3) is 0.154. The summed E-state index contributed by atoms with van der Waals surface area (Å²) in [6, 6.07) is 6.62. The van der Waals surface area contributed by atoms with Crippen molar-refractivity contribution in [2.24, 2.45) is 0 Å². The molecule has 2 aromatic rings. The van der Waals surface area contributed by atoms with Crippen LogP contribution in [-0.4, -0.2) is 11.6 Å². The van der Waals surface area contributed by atoms with E-state index in [1.54, 1.807) is 19.2 Å². The molecular formula is C13H12BrFN2OS. The van der Waals surface area contributed by atoms with Crippen LogP contribution < -0.4 is 10.5 Å². The van der Waals surface area contributed by atoms with Crippen LogP contribution in [0.25, 0.3) is 0 Å². The number of nitrogens with zero attached hydrogens (tertiary/aromatic N) is 1. The highest BCUT2D eigenvalue weighted by Gasteiger charge is 2.10. The summed E-state index contributed by atoms with van der Waals surface area (Å²) < 4.78 is 19.7. The van der Waals surface area contributed by atoms with Gasteiger partial charge < -0.3 is 10.5 Å². The lowest BCUT2D eigenvalue weighted by atomic mass is 10.3. The molecule has 0 aliphatic carbocycles. The van der Waals surface area contributed by atoms with Crippen molar-refractivity contribution in [2.75, 3.05) is 12.3 Å². The molecule has 0 aliphatic heterocycles. The fourth-order valence-corrected chi connectivity index (χ4v) is 2.48. The summed E-state index contributed by atoms with van der Waals surface area (Å²) in [4.78, 5) is 4.96. The predicted molar refractivity (Wildman–Crippen MR) is 78.0 cm³/mol. The summed E-state index contributed by atoms with van der Waals surface area (Å²) in [6.45, 7) is 2.21. The van der Waals surface area contributed by atoms with E-state index >= 15 is 0 Å². The molecule has 1 aromatic heterocycles. The van der Waals surface area contributed by atoms with Gasteiger partial charge in [-0.3, -0.25) is 0 Å². The Kier molecular flexibility index (Phi) is 4.66. The van der Waals surface area contributed by atoms with E-state index in [1.807, 2.05) is 12.1 Å². The molecule has 0 atom stereocenters. The number of hydrogen-bond acceptors (Lipinski definition) is 4. The second-order valence-corrected chi connectivity index (χ2v) is 5.65. The zero-order chi connectivity index (χ0) is 13.8. The second-order valence-electron chi connectivity index (χ2n) is 3.67. The van der Waals surface area contributed by atoms with Crippen molar-refractivity contribution in [3.05, 3.63) is 40.8 Å².